The van der Waals surface area contributed by atoms with Gasteiger partial charge in [-0.05, 0) is 30.7 Å². The first-order chi connectivity index (χ1) is 14.1. The average molecular weight is 423 g/mol. The van der Waals surface area contributed by atoms with E-state index in [-0.39, 0.29) is 17.4 Å². The quantitative estimate of drug-likeness (QED) is 0.655. The lowest BCUT2D eigenvalue weighted by molar-refractivity contribution is 0.121. The van der Waals surface area contributed by atoms with Crippen molar-refractivity contribution < 1.29 is 22.6 Å². The fourth-order valence-electron chi connectivity index (χ4n) is 3.75. The first kappa shape index (κ1) is 20.0. The summed E-state index contributed by atoms with van der Waals surface area (Å²) in [6.45, 7) is 3.72. The molecule has 0 N–H and O–H groups in total. The SMILES string of the molecule is COc1ccc(OCCn2c(C3CCS(=O)(=O)C3)nnc2N2CCOCC2)cc1. The van der Waals surface area contributed by atoms with Crippen LogP contribution in [-0.2, 0) is 21.1 Å². The van der Waals surface area contributed by atoms with E-state index in [0.29, 0.717) is 32.8 Å². The standard InChI is InChI=1S/C19H26N4O5S/c1-26-16-2-4-17(5-3-16)28-12-9-23-18(15-6-13-29(24,25)14-15)20-21-19(23)22-7-10-27-11-8-22/h2-5,15H,6-14H2,1H3. The van der Waals surface area contributed by atoms with E-state index in [9.17, 15) is 8.42 Å². The summed E-state index contributed by atoms with van der Waals surface area (Å²) in [5.41, 5.74) is 0. The second kappa shape index (κ2) is 8.58. The van der Waals surface area contributed by atoms with Crippen molar-refractivity contribution in [3.63, 3.8) is 0 Å². The predicted molar refractivity (Wildman–Crippen MR) is 108 cm³/mol. The lowest BCUT2D eigenvalue weighted by Gasteiger charge is -2.28. The highest BCUT2D eigenvalue weighted by Crippen LogP contribution is 2.30. The molecule has 4 rings (SSSR count). The lowest BCUT2D eigenvalue weighted by atomic mass is 10.1. The van der Waals surface area contributed by atoms with Gasteiger partial charge >= 0.3 is 0 Å². The van der Waals surface area contributed by atoms with E-state index in [1.54, 1.807) is 7.11 Å². The number of morpholine rings is 1. The highest BCUT2D eigenvalue weighted by atomic mass is 32.2. The smallest absolute Gasteiger partial charge is 0.227 e. The Morgan fingerprint density at radius 2 is 1.86 bits per heavy atom. The molecule has 1 unspecified atom stereocenters. The van der Waals surface area contributed by atoms with E-state index < -0.39 is 9.84 Å². The number of hydrogen-bond acceptors (Lipinski definition) is 8. The Hall–Kier alpha value is -2.33. The van der Waals surface area contributed by atoms with Gasteiger partial charge in [0.2, 0.25) is 5.95 Å². The maximum absolute atomic E-state index is 12.0. The summed E-state index contributed by atoms with van der Waals surface area (Å²) >= 11 is 0. The molecule has 0 saturated carbocycles. The lowest BCUT2D eigenvalue weighted by Crippen LogP contribution is -2.38. The number of aromatic nitrogens is 3. The maximum atomic E-state index is 12.0. The number of methoxy groups -OCH3 is 1. The molecule has 2 aromatic rings. The monoisotopic (exact) mass is 422 g/mol. The van der Waals surface area contributed by atoms with Gasteiger partial charge in [-0.25, -0.2) is 8.42 Å². The van der Waals surface area contributed by atoms with Gasteiger partial charge in [-0.3, -0.25) is 4.57 Å². The number of nitrogens with zero attached hydrogens (tertiary/aromatic N) is 4. The van der Waals surface area contributed by atoms with Crippen molar-refractivity contribution in [2.24, 2.45) is 0 Å². The topological polar surface area (TPSA) is 95.8 Å². The molecule has 10 heteroatoms. The fraction of sp³-hybridized carbons (Fsp3) is 0.579. The van der Waals surface area contributed by atoms with Gasteiger partial charge < -0.3 is 19.1 Å². The fourth-order valence-corrected chi connectivity index (χ4v) is 5.48. The van der Waals surface area contributed by atoms with Crippen molar-refractivity contribution in [2.45, 2.75) is 18.9 Å². The van der Waals surface area contributed by atoms with E-state index in [4.69, 9.17) is 14.2 Å². The van der Waals surface area contributed by atoms with Crippen LogP contribution in [0, 0.1) is 0 Å². The molecular weight excluding hydrogens is 396 g/mol. The van der Waals surface area contributed by atoms with E-state index >= 15 is 0 Å². The van der Waals surface area contributed by atoms with E-state index in [2.05, 4.69) is 15.1 Å². The molecule has 1 aromatic carbocycles. The summed E-state index contributed by atoms with van der Waals surface area (Å²) in [5, 5.41) is 8.78. The van der Waals surface area contributed by atoms with Gasteiger partial charge in [-0.15, -0.1) is 10.2 Å². The van der Waals surface area contributed by atoms with Gasteiger partial charge in [0.1, 0.15) is 23.9 Å². The molecule has 2 fully saturated rings. The van der Waals surface area contributed by atoms with E-state index in [0.717, 1.165) is 36.4 Å². The Morgan fingerprint density at radius 3 is 2.52 bits per heavy atom. The van der Waals surface area contributed by atoms with Crippen LogP contribution in [0.1, 0.15) is 18.2 Å². The molecular formula is C19H26N4O5S. The Morgan fingerprint density at radius 1 is 1.14 bits per heavy atom. The van der Waals surface area contributed by atoms with Gasteiger partial charge in [-0.2, -0.15) is 0 Å². The van der Waals surface area contributed by atoms with Crippen LogP contribution in [0.15, 0.2) is 24.3 Å². The molecule has 2 saturated heterocycles. The molecule has 29 heavy (non-hydrogen) atoms. The van der Waals surface area contributed by atoms with E-state index in [1.165, 1.54) is 0 Å². The number of anilines is 1. The van der Waals surface area contributed by atoms with Crippen LogP contribution in [0.2, 0.25) is 0 Å². The molecule has 1 aromatic heterocycles. The summed E-state index contributed by atoms with van der Waals surface area (Å²) in [5.74, 6) is 3.22. The molecule has 0 radical (unpaired) electrons. The Bertz CT molecular complexity index is 923. The Balaban J connectivity index is 1.51. The van der Waals surface area contributed by atoms with E-state index in [1.807, 2.05) is 28.8 Å². The number of hydrogen-bond donors (Lipinski definition) is 0. The second-order valence-electron chi connectivity index (χ2n) is 7.23. The molecule has 2 aliphatic heterocycles. The number of rotatable bonds is 7. The number of benzene rings is 1. The van der Waals surface area contributed by atoms with Crippen molar-refractivity contribution in [1.29, 1.82) is 0 Å². The summed E-state index contributed by atoms with van der Waals surface area (Å²) in [7, 11) is -1.38. The van der Waals surface area contributed by atoms with Crippen LogP contribution in [0.25, 0.3) is 0 Å². The number of sulfone groups is 1. The number of ether oxygens (including phenoxy) is 3. The van der Waals surface area contributed by atoms with Crippen LogP contribution in [0.3, 0.4) is 0 Å². The third-order valence-corrected chi connectivity index (χ3v) is 7.06. The zero-order valence-corrected chi connectivity index (χ0v) is 17.3. The minimum atomic E-state index is -3.00. The molecule has 2 aliphatic rings. The van der Waals surface area contributed by atoms with Crippen molar-refractivity contribution >= 4 is 15.8 Å². The molecule has 0 amide bonds. The highest BCUT2D eigenvalue weighted by Gasteiger charge is 2.34. The van der Waals surface area contributed by atoms with Gasteiger partial charge in [0, 0.05) is 19.0 Å². The van der Waals surface area contributed by atoms with Gasteiger partial charge in [0.25, 0.3) is 0 Å². The summed E-state index contributed by atoms with van der Waals surface area (Å²) in [6, 6.07) is 7.42. The molecule has 0 spiro atoms. The Kier molecular flexibility index (Phi) is 5.91. The first-order valence-electron chi connectivity index (χ1n) is 9.79. The average Bonchev–Trinajstić information content (AvgIpc) is 3.32. The van der Waals surface area contributed by atoms with Crippen molar-refractivity contribution in [1.82, 2.24) is 14.8 Å². The van der Waals surface area contributed by atoms with Crippen LogP contribution in [-0.4, -0.2) is 74.7 Å². The largest absolute Gasteiger partial charge is 0.497 e. The molecule has 0 bridgehead atoms. The minimum Gasteiger partial charge on any atom is -0.497 e. The predicted octanol–water partition coefficient (Wildman–Crippen LogP) is 1.10. The zero-order chi connectivity index (χ0) is 20.3. The third kappa shape index (κ3) is 4.64. The van der Waals surface area contributed by atoms with Crippen LogP contribution in [0.4, 0.5) is 5.95 Å². The summed E-state index contributed by atoms with van der Waals surface area (Å²) in [4.78, 5) is 2.14. The first-order valence-corrected chi connectivity index (χ1v) is 11.6. The molecule has 0 aliphatic carbocycles. The molecule has 3 heterocycles. The normalized spacial score (nSPS) is 21.3. The van der Waals surface area contributed by atoms with Crippen LogP contribution in [0.5, 0.6) is 11.5 Å². The molecule has 1 atom stereocenters. The van der Waals surface area contributed by atoms with Gasteiger partial charge in [-0.1, -0.05) is 0 Å². The highest BCUT2D eigenvalue weighted by molar-refractivity contribution is 7.91. The zero-order valence-electron chi connectivity index (χ0n) is 16.5. The summed E-state index contributed by atoms with van der Waals surface area (Å²) < 4.78 is 42.4. The van der Waals surface area contributed by atoms with Gasteiger partial charge in [0.05, 0.1) is 38.4 Å². The summed E-state index contributed by atoms with van der Waals surface area (Å²) in [6.07, 6.45) is 0.586. The van der Waals surface area contributed by atoms with Crippen molar-refractivity contribution in [2.75, 3.05) is 56.4 Å². The van der Waals surface area contributed by atoms with Crippen molar-refractivity contribution in [3.05, 3.63) is 30.1 Å². The molecule has 158 valence electrons. The molecule has 9 nitrogen and oxygen atoms in total. The van der Waals surface area contributed by atoms with Crippen molar-refractivity contribution in [3.8, 4) is 11.5 Å². The van der Waals surface area contributed by atoms with Crippen LogP contribution < -0.4 is 14.4 Å². The maximum Gasteiger partial charge on any atom is 0.227 e. The van der Waals surface area contributed by atoms with Crippen LogP contribution >= 0.6 is 0 Å². The third-order valence-electron chi connectivity index (χ3n) is 5.29. The second-order valence-corrected chi connectivity index (χ2v) is 9.46. The minimum absolute atomic E-state index is 0.122. The Labute approximate surface area is 170 Å². The van der Waals surface area contributed by atoms with Gasteiger partial charge in [0.15, 0.2) is 9.84 Å².